The van der Waals surface area contributed by atoms with Gasteiger partial charge in [0.05, 0.1) is 11.3 Å². The van der Waals surface area contributed by atoms with Crippen molar-refractivity contribution in [3.63, 3.8) is 0 Å². The third-order valence-corrected chi connectivity index (χ3v) is 10.8. The molecule has 0 saturated heterocycles. The number of pyridine rings is 1. The number of carbonyl (C=O) groups is 2. The first-order valence-corrected chi connectivity index (χ1v) is 15.2. The molecule has 1 aromatic carbocycles. The average molecular weight is 559 g/mol. The zero-order valence-electron chi connectivity index (χ0n) is 22.6. The predicted molar refractivity (Wildman–Crippen MR) is 161 cm³/mol. The van der Waals surface area contributed by atoms with Gasteiger partial charge in [-0.3, -0.25) is 9.59 Å². The number of nitrogen functional groups attached to an aromatic ring is 1. The first-order valence-electron chi connectivity index (χ1n) is 13.6. The van der Waals surface area contributed by atoms with Crippen LogP contribution in [0.1, 0.15) is 86.8 Å². The molecule has 3 heterocycles. The van der Waals surface area contributed by atoms with E-state index in [4.69, 9.17) is 16.5 Å². The van der Waals surface area contributed by atoms with Crippen LogP contribution in [-0.2, 0) is 25.7 Å². The molecule has 2 atom stereocenters. The fourth-order valence-corrected chi connectivity index (χ4v) is 8.52. The standard InChI is InChI=1S/C31H34N4O2S2/c1-31(2,3)19-10-11-20-23(15-19)38-30(24(20)27(33)36)35-28(37)26-25(32)21-14-18-13-17(16-7-5-4-6-8-16)9-12-22(18)34-29(21)39-26/h4-8,14,17,19H,9-13,15,32H2,1-3H3,(H2,33,36)(H,35,37). The summed E-state index contributed by atoms with van der Waals surface area (Å²) in [6.07, 6.45) is 5.57. The first-order chi connectivity index (χ1) is 18.6. The Labute approximate surface area is 236 Å². The lowest BCUT2D eigenvalue weighted by molar-refractivity contribution is 0.1000. The number of nitrogens with one attached hydrogen (secondary N) is 1. The number of fused-ring (bicyclic) bond motifs is 3. The molecule has 6 nitrogen and oxygen atoms in total. The van der Waals surface area contributed by atoms with Crippen molar-refractivity contribution in [3.8, 4) is 0 Å². The van der Waals surface area contributed by atoms with Gasteiger partial charge in [-0.25, -0.2) is 4.98 Å². The highest BCUT2D eigenvalue weighted by molar-refractivity contribution is 7.21. The number of amides is 2. The second-order valence-electron chi connectivity index (χ2n) is 12.0. The predicted octanol–water partition coefficient (Wildman–Crippen LogP) is 6.71. The molecule has 8 heteroatoms. The van der Waals surface area contributed by atoms with Gasteiger partial charge in [0.2, 0.25) is 0 Å². The van der Waals surface area contributed by atoms with E-state index < -0.39 is 5.91 Å². The number of primary amides is 1. The van der Waals surface area contributed by atoms with E-state index in [9.17, 15) is 9.59 Å². The van der Waals surface area contributed by atoms with Gasteiger partial charge in [0.25, 0.3) is 11.8 Å². The van der Waals surface area contributed by atoms with Crippen LogP contribution in [0.4, 0.5) is 10.7 Å². The molecule has 6 rings (SSSR count). The maximum atomic E-state index is 13.5. The molecule has 2 unspecified atom stereocenters. The normalized spacial score (nSPS) is 18.9. The van der Waals surface area contributed by atoms with Gasteiger partial charge in [0.1, 0.15) is 14.7 Å². The van der Waals surface area contributed by atoms with Gasteiger partial charge >= 0.3 is 0 Å². The van der Waals surface area contributed by atoms with E-state index in [-0.39, 0.29) is 11.3 Å². The van der Waals surface area contributed by atoms with Crippen LogP contribution in [0.25, 0.3) is 10.2 Å². The molecule has 202 valence electrons. The van der Waals surface area contributed by atoms with Crippen LogP contribution in [0.3, 0.4) is 0 Å². The smallest absolute Gasteiger partial charge is 0.268 e. The lowest BCUT2D eigenvalue weighted by atomic mass is 9.72. The summed E-state index contributed by atoms with van der Waals surface area (Å²) in [5, 5.41) is 4.35. The van der Waals surface area contributed by atoms with Crippen molar-refractivity contribution in [2.45, 2.75) is 65.2 Å². The molecule has 2 aliphatic rings. The van der Waals surface area contributed by atoms with Crippen LogP contribution in [0.5, 0.6) is 0 Å². The van der Waals surface area contributed by atoms with E-state index in [1.807, 2.05) is 6.07 Å². The quantitative estimate of drug-likeness (QED) is 0.258. The number of aryl methyl sites for hydroxylation is 1. The monoisotopic (exact) mass is 558 g/mol. The summed E-state index contributed by atoms with van der Waals surface area (Å²) in [7, 11) is 0. The molecule has 3 aromatic heterocycles. The topological polar surface area (TPSA) is 111 Å². The summed E-state index contributed by atoms with van der Waals surface area (Å²) in [5.41, 5.74) is 18.1. The number of hydrogen-bond donors (Lipinski definition) is 3. The van der Waals surface area contributed by atoms with Gasteiger partial charge in [-0.1, -0.05) is 51.1 Å². The Morgan fingerprint density at radius 1 is 1.05 bits per heavy atom. The number of rotatable bonds is 4. The molecule has 5 N–H and O–H groups in total. The van der Waals surface area contributed by atoms with Crippen LogP contribution >= 0.6 is 22.7 Å². The van der Waals surface area contributed by atoms with Crippen LogP contribution < -0.4 is 16.8 Å². The van der Waals surface area contributed by atoms with Crippen molar-refractivity contribution in [2.75, 3.05) is 11.1 Å². The summed E-state index contributed by atoms with van der Waals surface area (Å²) < 4.78 is 0. The van der Waals surface area contributed by atoms with Gasteiger partial charge in [-0.05, 0) is 78.5 Å². The number of aromatic nitrogens is 1. The number of carbonyl (C=O) groups excluding carboxylic acids is 2. The molecule has 0 bridgehead atoms. The second kappa shape index (κ2) is 9.75. The summed E-state index contributed by atoms with van der Waals surface area (Å²) in [6.45, 7) is 6.77. The molecule has 0 radical (unpaired) electrons. The average Bonchev–Trinajstić information content (AvgIpc) is 3.43. The molecule has 39 heavy (non-hydrogen) atoms. The number of anilines is 2. The fraction of sp³-hybridized carbons (Fsp3) is 0.387. The Hall–Kier alpha value is -3.23. The number of nitrogens with two attached hydrogens (primary N) is 2. The lowest BCUT2D eigenvalue weighted by Crippen LogP contribution is -2.27. The summed E-state index contributed by atoms with van der Waals surface area (Å²) >= 11 is 2.79. The van der Waals surface area contributed by atoms with E-state index >= 15 is 0 Å². The Bertz CT molecular complexity index is 1600. The highest BCUT2D eigenvalue weighted by Gasteiger charge is 2.34. The minimum Gasteiger partial charge on any atom is -0.397 e. The van der Waals surface area contributed by atoms with Crippen molar-refractivity contribution >= 4 is 55.4 Å². The molecular formula is C31H34N4O2S2. The minimum absolute atomic E-state index is 0.177. The van der Waals surface area contributed by atoms with E-state index in [2.05, 4.69) is 56.4 Å². The molecule has 2 amide bonds. The molecular weight excluding hydrogens is 525 g/mol. The fourth-order valence-electron chi connectivity index (χ4n) is 6.20. The van der Waals surface area contributed by atoms with Crippen molar-refractivity contribution < 1.29 is 9.59 Å². The van der Waals surface area contributed by atoms with Crippen LogP contribution in [0, 0.1) is 11.3 Å². The lowest BCUT2D eigenvalue weighted by Gasteiger charge is -2.33. The SMILES string of the molecule is CC(C)(C)C1CCc2c(sc(NC(=O)c3sc4nc5c(cc4c3N)CC(c3ccccc3)CC5)c2C(N)=O)C1. The maximum Gasteiger partial charge on any atom is 0.268 e. The van der Waals surface area contributed by atoms with Crippen LogP contribution in [-0.4, -0.2) is 16.8 Å². The van der Waals surface area contributed by atoms with Gasteiger partial charge in [0.15, 0.2) is 0 Å². The van der Waals surface area contributed by atoms with Crippen molar-refractivity contribution in [1.82, 2.24) is 4.98 Å². The third-order valence-electron chi connectivity index (χ3n) is 8.53. The van der Waals surface area contributed by atoms with Crippen molar-refractivity contribution in [1.29, 1.82) is 0 Å². The highest BCUT2D eigenvalue weighted by atomic mass is 32.1. The third kappa shape index (κ3) is 4.74. The largest absolute Gasteiger partial charge is 0.397 e. The maximum absolute atomic E-state index is 13.5. The molecule has 2 aliphatic carbocycles. The zero-order chi connectivity index (χ0) is 27.5. The number of benzene rings is 1. The Morgan fingerprint density at radius 2 is 1.82 bits per heavy atom. The van der Waals surface area contributed by atoms with Gasteiger partial charge < -0.3 is 16.8 Å². The molecule has 0 spiro atoms. The Morgan fingerprint density at radius 3 is 2.54 bits per heavy atom. The van der Waals surface area contributed by atoms with Crippen molar-refractivity contribution in [3.05, 3.63) is 74.1 Å². The Balaban J connectivity index is 1.29. The molecule has 0 fully saturated rings. The molecule has 4 aromatic rings. The zero-order valence-corrected chi connectivity index (χ0v) is 24.2. The van der Waals surface area contributed by atoms with Gasteiger partial charge in [-0.2, -0.15) is 0 Å². The van der Waals surface area contributed by atoms with Crippen molar-refractivity contribution in [2.24, 2.45) is 17.1 Å². The molecule has 0 saturated carbocycles. The van der Waals surface area contributed by atoms with E-state index in [1.165, 1.54) is 33.8 Å². The number of hydrogen-bond acceptors (Lipinski definition) is 6. The summed E-state index contributed by atoms with van der Waals surface area (Å²) in [4.78, 5) is 33.3. The Kier molecular flexibility index (Phi) is 6.50. The van der Waals surface area contributed by atoms with E-state index in [0.29, 0.717) is 33.0 Å². The van der Waals surface area contributed by atoms with Gasteiger partial charge in [-0.15, -0.1) is 22.7 Å². The highest BCUT2D eigenvalue weighted by Crippen LogP contribution is 2.45. The van der Waals surface area contributed by atoms with E-state index in [0.717, 1.165) is 64.9 Å². The molecule has 0 aliphatic heterocycles. The van der Waals surface area contributed by atoms with Crippen LogP contribution in [0.15, 0.2) is 36.4 Å². The number of thiophene rings is 2. The summed E-state index contributed by atoms with van der Waals surface area (Å²) in [5.74, 6) is 0.160. The second-order valence-corrected chi connectivity index (χ2v) is 14.1. The van der Waals surface area contributed by atoms with E-state index in [1.54, 1.807) is 0 Å². The van der Waals surface area contributed by atoms with Gasteiger partial charge in [0, 0.05) is 16.0 Å². The summed E-state index contributed by atoms with van der Waals surface area (Å²) in [6, 6.07) is 12.7. The number of nitrogens with zero attached hydrogens (tertiary/aromatic N) is 1. The minimum atomic E-state index is -0.497. The van der Waals surface area contributed by atoms with Crippen LogP contribution in [0.2, 0.25) is 0 Å². The first kappa shape index (κ1) is 26.0.